The van der Waals surface area contributed by atoms with Crippen molar-refractivity contribution in [2.45, 2.75) is 44.1 Å². The average molecular weight is 215 g/mol. The molecule has 3 rings (SSSR count). The molecular weight excluding hydrogens is 194 g/mol. The molecule has 2 heterocycles. The Labute approximate surface area is 98.5 Å². The Kier molecular flexibility index (Phi) is 2.51. The molecule has 2 aliphatic heterocycles. The fourth-order valence-corrected chi connectivity index (χ4v) is 3.68. The predicted octanol–water partition coefficient (Wildman–Crippen LogP) is 3.20. The number of hydrogen-bond donors (Lipinski definition) is 0. The summed E-state index contributed by atoms with van der Waals surface area (Å²) in [6.45, 7) is 5.10. The van der Waals surface area contributed by atoms with Gasteiger partial charge in [-0.2, -0.15) is 0 Å². The van der Waals surface area contributed by atoms with E-state index in [0.717, 1.165) is 6.04 Å². The minimum Gasteiger partial charge on any atom is -0.299 e. The van der Waals surface area contributed by atoms with Crippen LogP contribution in [0.3, 0.4) is 0 Å². The Balaban J connectivity index is 1.93. The summed E-state index contributed by atoms with van der Waals surface area (Å²) in [5, 5.41) is 0. The van der Waals surface area contributed by atoms with Crippen molar-refractivity contribution < 1.29 is 0 Å². The zero-order valence-electron chi connectivity index (χ0n) is 10.2. The van der Waals surface area contributed by atoms with Crippen molar-refractivity contribution in [3.8, 4) is 0 Å². The lowest BCUT2D eigenvalue weighted by molar-refractivity contribution is 0.161. The maximum absolute atomic E-state index is 2.72. The zero-order valence-corrected chi connectivity index (χ0v) is 10.2. The van der Waals surface area contributed by atoms with Gasteiger partial charge in [0.2, 0.25) is 0 Å². The molecule has 0 aromatic heterocycles. The van der Waals surface area contributed by atoms with Gasteiger partial charge in [-0.25, -0.2) is 0 Å². The molecule has 1 aromatic carbocycles. The van der Waals surface area contributed by atoms with Crippen molar-refractivity contribution in [1.29, 1.82) is 0 Å². The molecule has 2 aliphatic rings. The van der Waals surface area contributed by atoms with Crippen molar-refractivity contribution in [2.75, 3.05) is 13.1 Å². The molecule has 0 aliphatic carbocycles. The summed E-state index contributed by atoms with van der Waals surface area (Å²) in [5.74, 6) is 0. The van der Waals surface area contributed by atoms with Gasteiger partial charge in [-0.1, -0.05) is 43.7 Å². The van der Waals surface area contributed by atoms with Crippen LogP contribution in [0.4, 0.5) is 0 Å². The fraction of sp³-hybridized carbons (Fsp3) is 0.600. The van der Waals surface area contributed by atoms with Gasteiger partial charge in [-0.3, -0.25) is 4.90 Å². The standard InChI is InChI=1S/C15H21N/c1-15(13-7-3-2-4-8-13)10-12-16-11-6-5-9-14(15)16/h2-4,7-8,14H,5-6,9-12H2,1H3. The summed E-state index contributed by atoms with van der Waals surface area (Å²) in [4.78, 5) is 2.72. The van der Waals surface area contributed by atoms with Crippen LogP contribution >= 0.6 is 0 Å². The molecule has 2 saturated heterocycles. The van der Waals surface area contributed by atoms with Gasteiger partial charge in [0.15, 0.2) is 0 Å². The Morgan fingerprint density at radius 1 is 1.12 bits per heavy atom. The predicted molar refractivity (Wildman–Crippen MR) is 67.6 cm³/mol. The summed E-state index contributed by atoms with van der Waals surface area (Å²) >= 11 is 0. The van der Waals surface area contributed by atoms with E-state index in [1.54, 1.807) is 5.56 Å². The lowest BCUT2D eigenvalue weighted by Gasteiger charge is -2.39. The van der Waals surface area contributed by atoms with E-state index in [1.165, 1.54) is 38.8 Å². The van der Waals surface area contributed by atoms with Gasteiger partial charge in [0.1, 0.15) is 0 Å². The van der Waals surface area contributed by atoms with E-state index in [0.29, 0.717) is 5.41 Å². The fourth-order valence-electron chi connectivity index (χ4n) is 3.68. The van der Waals surface area contributed by atoms with E-state index in [4.69, 9.17) is 0 Å². The van der Waals surface area contributed by atoms with Crippen molar-refractivity contribution in [3.63, 3.8) is 0 Å². The molecule has 16 heavy (non-hydrogen) atoms. The maximum Gasteiger partial charge on any atom is 0.0190 e. The number of hydrogen-bond acceptors (Lipinski definition) is 1. The van der Waals surface area contributed by atoms with Gasteiger partial charge in [0.25, 0.3) is 0 Å². The molecule has 0 saturated carbocycles. The third-order valence-electron chi connectivity index (χ3n) is 4.70. The van der Waals surface area contributed by atoms with Gasteiger partial charge in [-0.15, -0.1) is 0 Å². The highest BCUT2D eigenvalue weighted by Crippen LogP contribution is 2.43. The number of fused-ring (bicyclic) bond motifs is 1. The highest BCUT2D eigenvalue weighted by Gasteiger charge is 2.45. The first kappa shape index (κ1) is 10.3. The molecule has 0 amide bonds. The van der Waals surface area contributed by atoms with Crippen LogP contribution in [0.25, 0.3) is 0 Å². The summed E-state index contributed by atoms with van der Waals surface area (Å²) in [5.41, 5.74) is 1.95. The third-order valence-corrected chi connectivity index (χ3v) is 4.70. The largest absolute Gasteiger partial charge is 0.299 e. The number of piperidine rings is 1. The molecule has 0 radical (unpaired) electrons. The molecule has 2 atom stereocenters. The van der Waals surface area contributed by atoms with E-state index in [9.17, 15) is 0 Å². The van der Waals surface area contributed by atoms with Crippen LogP contribution in [0, 0.1) is 0 Å². The minimum absolute atomic E-state index is 0.404. The second kappa shape index (κ2) is 3.89. The molecule has 2 fully saturated rings. The molecule has 2 unspecified atom stereocenters. The van der Waals surface area contributed by atoms with Crippen molar-refractivity contribution in [2.24, 2.45) is 0 Å². The Morgan fingerprint density at radius 3 is 2.75 bits per heavy atom. The van der Waals surface area contributed by atoms with Gasteiger partial charge in [-0.05, 0) is 37.9 Å². The third kappa shape index (κ3) is 1.49. The molecule has 0 N–H and O–H groups in total. The first-order chi connectivity index (χ1) is 7.81. The first-order valence-electron chi connectivity index (χ1n) is 6.60. The maximum atomic E-state index is 2.72. The molecule has 1 nitrogen and oxygen atoms in total. The van der Waals surface area contributed by atoms with Gasteiger partial charge < -0.3 is 0 Å². The molecule has 1 aromatic rings. The molecule has 1 heteroatoms. The Bertz CT molecular complexity index is 359. The van der Waals surface area contributed by atoms with Crippen molar-refractivity contribution in [3.05, 3.63) is 35.9 Å². The number of benzene rings is 1. The van der Waals surface area contributed by atoms with Crippen LogP contribution < -0.4 is 0 Å². The zero-order chi connectivity index (χ0) is 11.0. The van der Waals surface area contributed by atoms with E-state index in [2.05, 4.69) is 42.2 Å². The second-order valence-electron chi connectivity index (χ2n) is 5.58. The monoisotopic (exact) mass is 215 g/mol. The quantitative estimate of drug-likeness (QED) is 0.695. The topological polar surface area (TPSA) is 3.24 Å². The second-order valence-corrected chi connectivity index (χ2v) is 5.58. The summed E-state index contributed by atoms with van der Waals surface area (Å²) in [6.07, 6.45) is 5.55. The van der Waals surface area contributed by atoms with E-state index in [1.807, 2.05) is 0 Å². The number of nitrogens with zero attached hydrogens (tertiary/aromatic N) is 1. The smallest absolute Gasteiger partial charge is 0.0190 e. The lowest BCUT2D eigenvalue weighted by Crippen LogP contribution is -2.43. The molecule has 86 valence electrons. The van der Waals surface area contributed by atoms with Gasteiger partial charge in [0.05, 0.1) is 0 Å². The van der Waals surface area contributed by atoms with Crippen LogP contribution in [-0.4, -0.2) is 24.0 Å². The Hall–Kier alpha value is -0.820. The average Bonchev–Trinajstić information content (AvgIpc) is 2.71. The van der Waals surface area contributed by atoms with Gasteiger partial charge >= 0.3 is 0 Å². The number of rotatable bonds is 1. The molecule has 0 spiro atoms. The summed E-state index contributed by atoms with van der Waals surface area (Å²) in [7, 11) is 0. The molecule has 0 bridgehead atoms. The van der Waals surface area contributed by atoms with Crippen LogP contribution in [0.15, 0.2) is 30.3 Å². The van der Waals surface area contributed by atoms with Crippen LogP contribution in [-0.2, 0) is 5.41 Å². The summed E-state index contributed by atoms with van der Waals surface area (Å²) < 4.78 is 0. The van der Waals surface area contributed by atoms with Crippen molar-refractivity contribution >= 4 is 0 Å². The van der Waals surface area contributed by atoms with E-state index in [-0.39, 0.29) is 0 Å². The van der Waals surface area contributed by atoms with Crippen LogP contribution in [0.1, 0.15) is 38.2 Å². The Morgan fingerprint density at radius 2 is 1.94 bits per heavy atom. The minimum atomic E-state index is 0.404. The van der Waals surface area contributed by atoms with E-state index >= 15 is 0 Å². The van der Waals surface area contributed by atoms with Crippen LogP contribution in [0.5, 0.6) is 0 Å². The molecular formula is C15H21N. The highest BCUT2D eigenvalue weighted by molar-refractivity contribution is 5.29. The van der Waals surface area contributed by atoms with E-state index < -0.39 is 0 Å². The highest BCUT2D eigenvalue weighted by atomic mass is 15.2. The van der Waals surface area contributed by atoms with Gasteiger partial charge in [0, 0.05) is 11.5 Å². The first-order valence-corrected chi connectivity index (χ1v) is 6.60. The van der Waals surface area contributed by atoms with Crippen LogP contribution in [0.2, 0.25) is 0 Å². The lowest BCUT2D eigenvalue weighted by atomic mass is 9.73. The van der Waals surface area contributed by atoms with Crippen molar-refractivity contribution in [1.82, 2.24) is 4.90 Å². The summed E-state index contributed by atoms with van der Waals surface area (Å²) in [6, 6.07) is 11.9. The normalized spacial score (nSPS) is 34.9. The SMILES string of the molecule is CC1(c2ccccc2)CCN2CCCCC21.